The van der Waals surface area contributed by atoms with Crippen LogP contribution in [0.25, 0.3) is 0 Å². The number of hydrogen-bond donors (Lipinski definition) is 2. The van der Waals surface area contributed by atoms with Crippen molar-refractivity contribution >= 4 is 11.9 Å². The molecule has 0 aromatic carbocycles. The molecule has 0 atom stereocenters. The van der Waals surface area contributed by atoms with Crippen molar-refractivity contribution < 1.29 is 9.53 Å². The van der Waals surface area contributed by atoms with Gasteiger partial charge in [-0.3, -0.25) is 9.79 Å². The minimum atomic E-state index is 0.151. The predicted molar refractivity (Wildman–Crippen MR) is 97.2 cm³/mol. The van der Waals surface area contributed by atoms with Crippen LogP contribution in [0.1, 0.15) is 51.4 Å². The van der Waals surface area contributed by atoms with Crippen LogP contribution in [-0.2, 0) is 9.53 Å². The topological polar surface area (TPSA) is 66.0 Å². The lowest BCUT2D eigenvalue weighted by Gasteiger charge is -2.34. The van der Waals surface area contributed by atoms with Crippen LogP contribution in [0, 0.1) is 5.92 Å². The number of piperidine rings is 1. The van der Waals surface area contributed by atoms with Crippen molar-refractivity contribution in [1.82, 2.24) is 15.5 Å². The second-order valence-corrected chi connectivity index (χ2v) is 6.91. The van der Waals surface area contributed by atoms with Gasteiger partial charge < -0.3 is 20.3 Å². The summed E-state index contributed by atoms with van der Waals surface area (Å²) in [6, 6.07) is 0. The monoisotopic (exact) mass is 338 g/mol. The Bertz CT molecular complexity index is 400. The van der Waals surface area contributed by atoms with Crippen LogP contribution < -0.4 is 10.6 Å². The van der Waals surface area contributed by atoms with Crippen molar-refractivity contribution in [3.8, 4) is 0 Å². The number of carbonyl (C=O) groups excluding carboxylic acids is 1. The SMILES string of the molecule is CN=C(NCCCOC1CCCC1)N1CCC(CC(=O)NC)CC1. The molecule has 1 saturated heterocycles. The molecule has 1 saturated carbocycles. The molecule has 0 bridgehead atoms. The predicted octanol–water partition coefficient (Wildman–Crippen LogP) is 1.76. The molecule has 0 aromatic heterocycles. The summed E-state index contributed by atoms with van der Waals surface area (Å²) < 4.78 is 5.89. The summed E-state index contributed by atoms with van der Waals surface area (Å²) in [4.78, 5) is 18.2. The number of carbonyl (C=O) groups is 1. The number of likely N-dealkylation sites (tertiary alicyclic amines) is 1. The van der Waals surface area contributed by atoms with Crippen LogP contribution in [0.2, 0.25) is 0 Å². The molecule has 1 aliphatic carbocycles. The van der Waals surface area contributed by atoms with Gasteiger partial charge in [-0.25, -0.2) is 0 Å². The molecule has 2 N–H and O–H groups in total. The molecule has 2 aliphatic rings. The molecular weight excluding hydrogens is 304 g/mol. The van der Waals surface area contributed by atoms with E-state index in [0.717, 1.165) is 51.5 Å². The molecule has 6 nitrogen and oxygen atoms in total. The van der Waals surface area contributed by atoms with Gasteiger partial charge in [0, 0.05) is 46.8 Å². The maximum Gasteiger partial charge on any atom is 0.220 e. The third-order valence-corrected chi connectivity index (χ3v) is 5.14. The molecular formula is C18H34N4O2. The van der Waals surface area contributed by atoms with E-state index in [-0.39, 0.29) is 5.91 Å². The molecule has 6 heteroatoms. The van der Waals surface area contributed by atoms with Crippen molar-refractivity contribution in [2.24, 2.45) is 10.9 Å². The Morgan fingerprint density at radius 2 is 1.92 bits per heavy atom. The van der Waals surface area contributed by atoms with Crippen molar-refractivity contribution in [3.05, 3.63) is 0 Å². The van der Waals surface area contributed by atoms with Gasteiger partial charge in [0.15, 0.2) is 5.96 Å². The standard InChI is InChI=1S/C18H34N4O2/c1-19-17(23)14-15-8-11-22(12-9-15)18(20-2)21-10-5-13-24-16-6-3-4-7-16/h15-16H,3-14H2,1-2H3,(H,19,23)(H,20,21). The zero-order valence-electron chi connectivity index (χ0n) is 15.4. The number of nitrogens with zero attached hydrogens (tertiary/aromatic N) is 2. The highest BCUT2D eigenvalue weighted by Crippen LogP contribution is 2.21. The summed E-state index contributed by atoms with van der Waals surface area (Å²) in [7, 11) is 3.55. The van der Waals surface area contributed by atoms with E-state index in [9.17, 15) is 4.79 Å². The molecule has 0 spiro atoms. The average molecular weight is 338 g/mol. The van der Waals surface area contributed by atoms with Crippen molar-refractivity contribution in [2.45, 2.75) is 57.5 Å². The number of ether oxygens (including phenoxy) is 1. The van der Waals surface area contributed by atoms with Crippen molar-refractivity contribution in [3.63, 3.8) is 0 Å². The minimum absolute atomic E-state index is 0.151. The highest BCUT2D eigenvalue weighted by Gasteiger charge is 2.23. The quantitative estimate of drug-likeness (QED) is 0.422. The van der Waals surface area contributed by atoms with E-state index < -0.39 is 0 Å². The second-order valence-electron chi connectivity index (χ2n) is 6.91. The van der Waals surface area contributed by atoms with Gasteiger partial charge in [0.25, 0.3) is 0 Å². The third-order valence-electron chi connectivity index (χ3n) is 5.14. The van der Waals surface area contributed by atoms with Gasteiger partial charge in [-0.1, -0.05) is 12.8 Å². The molecule has 0 radical (unpaired) electrons. The van der Waals surface area contributed by atoms with E-state index in [0.29, 0.717) is 18.4 Å². The summed E-state index contributed by atoms with van der Waals surface area (Å²) in [5.41, 5.74) is 0. The van der Waals surface area contributed by atoms with Gasteiger partial charge in [0.2, 0.25) is 5.91 Å². The summed E-state index contributed by atoms with van der Waals surface area (Å²) in [6.45, 7) is 3.68. The Morgan fingerprint density at radius 1 is 1.21 bits per heavy atom. The van der Waals surface area contributed by atoms with Crippen molar-refractivity contribution in [1.29, 1.82) is 0 Å². The van der Waals surface area contributed by atoms with Crippen LogP contribution in [0.4, 0.5) is 0 Å². The maximum atomic E-state index is 11.5. The van der Waals surface area contributed by atoms with E-state index >= 15 is 0 Å². The molecule has 0 aromatic rings. The van der Waals surface area contributed by atoms with E-state index in [1.807, 2.05) is 7.05 Å². The molecule has 1 heterocycles. The van der Waals surface area contributed by atoms with Crippen LogP contribution >= 0.6 is 0 Å². The summed E-state index contributed by atoms with van der Waals surface area (Å²) >= 11 is 0. The zero-order valence-corrected chi connectivity index (χ0v) is 15.4. The van der Waals surface area contributed by atoms with E-state index in [1.165, 1.54) is 25.7 Å². The van der Waals surface area contributed by atoms with Gasteiger partial charge >= 0.3 is 0 Å². The molecule has 1 aliphatic heterocycles. The van der Waals surface area contributed by atoms with Gasteiger partial charge in [-0.05, 0) is 38.0 Å². The first kappa shape index (κ1) is 19.0. The third kappa shape index (κ3) is 6.30. The van der Waals surface area contributed by atoms with Crippen LogP contribution in [0.3, 0.4) is 0 Å². The minimum Gasteiger partial charge on any atom is -0.378 e. The number of nitrogens with one attached hydrogen (secondary N) is 2. The van der Waals surface area contributed by atoms with Crippen LogP contribution in [-0.4, -0.2) is 63.2 Å². The summed E-state index contributed by atoms with van der Waals surface area (Å²) in [6.07, 6.45) is 9.40. The van der Waals surface area contributed by atoms with Gasteiger partial charge in [-0.15, -0.1) is 0 Å². The number of aliphatic imine (C=N–C) groups is 1. The van der Waals surface area contributed by atoms with Crippen LogP contribution in [0.5, 0.6) is 0 Å². The molecule has 24 heavy (non-hydrogen) atoms. The first-order valence-electron chi connectivity index (χ1n) is 9.50. The smallest absolute Gasteiger partial charge is 0.220 e. The Kier molecular flexibility index (Phi) is 8.36. The fourth-order valence-electron chi connectivity index (χ4n) is 3.62. The first-order valence-corrected chi connectivity index (χ1v) is 9.50. The molecule has 2 fully saturated rings. The van der Waals surface area contributed by atoms with Gasteiger partial charge in [0.1, 0.15) is 0 Å². The molecule has 0 unspecified atom stereocenters. The normalized spacial score (nSPS) is 20.4. The first-order chi connectivity index (χ1) is 11.7. The number of amides is 1. The summed E-state index contributed by atoms with van der Waals surface area (Å²) in [5.74, 6) is 1.63. The lowest BCUT2D eigenvalue weighted by Crippen LogP contribution is -2.46. The highest BCUT2D eigenvalue weighted by molar-refractivity contribution is 5.80. The summed E-state index contributed by atoms with van der Waals surface area (Å²) in [5, 5.41) is 6.16. The van der Waals surface area contributed by atoms with E-state index in [1.54, 1.807) is 7.05 Å². The number of hydrogen-bond acceptors (Lipinski definition) is 3. The maximum absolute atomic E-state index is 11.5. The Labute approximate surface area is 146 Å². The largest absolute Gasteiger partial charge is 0.378 e. The lowest BCUT2D eigenvalue weighted by molar-refractivity contribution is -0.121. The zero-order chi connectivity index (χ0) is 17.2. The van der Waals surface area contributed by atoms with Crippen LogP contribution in [0.15, 0.2) is 4.99 Å². The average Bonchev–Trinajstić information content (AvgIpc) is 3.12. The fraction of sp³-hybridized carbons (Fsp3) is 0.889. The van der Waals surface area contributed by atoms with Gasteiger partial charge in [-0.2, -0.15) is 0 Å². The Morgan fingerprint density at radius 3 is 2.54 bits per heavy atom. The Balaban J connectivity index is 1.59. The molecule has 138 valence electrons. The number of rotatable bonds is 7. The second kappa shape index (κ2) is 10.5. The van der Waals surface area contributed by atoms with E-state index in [2.05, 4.69) is 20.5 Å². The lowest BCUT2D eigenvalue weighted by atomic mass is 9.93. The van der Waals surface area contributed by atoms with E-state index in [4.69, 9.17) is 4.74 Å². The van der Waals surface area contributed by atoms with Gasteiger partial charge in [0.05, 0.1) is 6.10 Å². The molecule has 2 rings (SSSR count). The fourth-order valence-corrected chi connectivity index (χ4v) is 3.62. The number of guanidine groups is 1. The molecule has 1 amide bonds. The Hall–Kier alpha value is -1.30. The highest BCUT2D eigenvalue weighted by atomic mass is 16.5. The van der Waals surface area contributed by atoms with Crippen molar-refractivity contribution in [2.75, 3.05) is 40.3 Å².